The maximum absolute atomic E-state index is 4.97. The molecule has 1 unspecified atom stereocenters. The van der Waals surface area contributed by atoms with E-state index in [9.17, 15) is 0 Å². The zero-order valence-electron chi connectivity index (χ0n) is 29.4. The SMILES string of the molecule is c1ccc(-c2nc(-c3ccccc3)nc(-c3ccc(-c4cccc5c4NC(c4ccccc4)c4cccc(-c6cccc7ccccc67)c4-5)cc3)n2)cc1. The summed E-state index contributed by atoms with van der Waals surface area (Å²) in [6, 6.07) is 68.3. The van der Waals surface area contributed by atoms with E-state index in [1.165, 1.54) is 44.2 Å². The van der Waals surface area contributed by atoms with Crippen LogP contribution in [0.3, 0.4) is 0 Å². The van der Waals surface area contributed by atoms with E-state index in [1.807, 2.05) is 60.7 Å². The molecule has 1 aliphatic heterocycles. The largest absolute Gasteiger partial charge is 0.373 e. The van der Waals surface area contributed by atoms with Crippen molar-refractivity contribution in [1.29, 1.82) is 0 Å². The zero-order chi connectivity index (χ0) is 35.8. The number of anilines is 1. The molecule has 1 aromatic heterocycles. The van der Waals surface area contributed by atoms with E-state index in [1.54, 1.807) is 0 Å². The number of para-hydroxylation sites is 1. The van der Waals surface area contributed by atoms with Gasteiger partial charge >= 0.3 is 0 Å². The minimum absolute atomic E-state index is 0.0258. The average molecular weight is 691 g/mol. The average Bonchev–Trinajstić information content (AvgIpc) is 3.26. The van der Waals surface area contributed by atoms with Crippen LogP contribution in [0.5, 0.6) is 0 Å². The van der Waals surface area contributed by atoms with Crippen molar-refractivity contribution in [3.05, 3.63) is 205 Å². The van der Waals surface area contributed by atoms with Crippen molar-refractivity contribution in [2.24, 2.45) is 0 Å². The van der Waals surface area contributed by atoms with Crippen LogP contribution in [0.25, 0.3) is 78.3 Å². The van der Waals surface area contributed by atoms with Gasteiger partial charge in [-0.1, -0.05) is 194 Å². The molecule has 4 nitrogen and oxygen atoms in total. The summed E-state index contributed by atoms with van der Waals surface area (Å²) in [6.07, 6.45) is 0. The van der Waals surface area contributed by atoms with Crippen molar-refractivity contribution in [2.45, 2.75) is 6.04 Å². The Morgan fingerprint density at radius 1 is 0.352 bits per heavy atom. The maximum atomic E-state index is 4.97. The zero-order valence-corrected chi connectivity index (χ0v) is 29.4. The molecular weight excluding hydrogens is 657 g/mol. The van der Waals surface area contributed by atoms with Gasteiger partial charge in [-0.25, -0.2) is 15.0 Å². The molecule has 1 N–H and O–H groups in total. The normalized spacial score (nSPS) is 13.1. The molecule has 0 aliphatic carbocycles. The molecule has 0 radical (unpaired) electrons. The third-order valence-electron chi connectivity index (χ3n) is 10.4. The van der Waals surface area contributed by atoms with Crippen LogP contribution in [0.15, 0.2) is 194 Å². The summed E-state index contributed by atoms with van der Waals surface area (Å²) in [4.78, 5) is 14.8. The van der Waals surface area contributed by atoms with Gasteiger partial charge in [0.25, 0.3) is 0 Å². The highest BCUT2D eigenvalue weighted by atomic mass is 15.0. The summed E-state index contributed by atoms with van der Waals surface area (Å²) in [6.45, 7) is 0. The Morgan fingerprint density at radius 2 is 0.833 bits per heavy atom. The molecule has 10 rings (SSSR count). The number of aromatic nitrogens is 3. The van der Waals surface area contributed by atoms with Crippen LogP contribution in [0.4, 0.5) is 5.69 Å². The second-order valence-electron chi connectivity index (χ2n) is 13.6. The topological polar surface area (TPSA) is 50.7 Å². The second-order valence-corrected chi connectivity index (χ2v) is 13.6. The van der Waals surface area contributed by atoms with E-state index in [-0.39, 0.29) is 6.04 Å². The minimum Gasteiger partial charge on any atom is -0.373 e. The van der Waals surface area contributed by atoms with Gasteiger partial charge in [-0.2, -0.15) is 0 Å². The van der Waals surface area contributed by atoms with Gasteiger partial charge in [-0.3, -0.25) is 0 Å². The van der Waals surface area contributed by atoms with Gasteiger partial charge in [-0.05, 0) is 44.2 Å². The molecule has 4 heteroatoms. The third-order valence-corrected chi connectivity index (χ3v) is 10.4. The van der Waals surface area contributed by atoms with Crippen molar-refractivity contribution in [3.63, 3.8) is 0 Å². The summed E-state index contributed by atoms with van der Waals surface area (Å²) >= 11 is 0. The number of hydrogen-bond acceptors (Lipinski definition) is 4. The predicted octanol–water partition coefficient (Wildman–Crippen LogP) is 12.5. The lowest BCUT2D eigenvalue weighted by molar-refractivity contribution is 0.931. The van der Waals surface area contributed by atoms with Gasteiger partial charge < -0.3 is 5.32 Å². The second kappa shape index (κ2) is 13.4. The highest BCUT2D eigenvalue weighted by molar-refractivity contribution is 6.05. The number of benzene rings is 8. The lowest BCUT2D eigenvalue weighted by atomic mass is 9.80. The number of fused-ring (bicyclic) bond motifs is 4. The lowest BCUT2D eigenvalue weighted by Gasteiger charge is -2.33. The molecule has 0 bridgehead atoms. The number of rotatable bonds is 6. The Labute approximate surface area is 314 Å². The van der Waals surface area contributed by atoms with Gasteiger partial charge in [0.05, 0.1) is 11.7 Å². The Hall–Kier alpha value is -7.17. The van der Waals surface area contributed by atoms with E-state index >= 15 is 0 Å². The van der Waals surface area contributed by atoms with Crippen LogP contribution in [-0.4, -0.2) is 15.0 Å². The molecule has 0 saturated carbocycles. The molecule has 0 fully saturated rings. The lowest BCUT2D eigenvalue weighted by Crippen LogP contribution is -2.19. The summed E-state index contributed by atoms with van der Waals surface area (Å²) in [5, 5.41) is 6.50. The molecule has 0 amide bonds. The van der Waals surface area contributed by atoms with Crippen LogP contribution >= 0.6 is 0 Å². The molecule has 0 saturated heterocycles. The number of hydrogen-bond donors (Lipinski definition) is 1. The van der Waals surface area contributed by atoms with Crippen LogP contribution < -0.4 is 5.32 Å². The van der Waals surface area contributed by atoms with Crippen LogP contribution in [0.1, 0.15) is 17.2 Å². The van der Waals surface area contributed by atoms with E-state index in [0.29, 0.717) is 17.5 Å². The maximum Gasteiger partial charge on any atom is 0.164 e. The molecule has 1 aliphatic rings. The molecule has 9 aromatic rings. The monoisotopic (exact) mass is 690 g/mol. The van der Waals surface area contributed by atoms with Crippen molar-refractivity contribution in [1.82, 2.24) is 15.0 Å². The fourth-order valence-corrected chi connectivity index (χ4v) is 7.82. The van der Waals surface area contributed by atoms with Crippen LogP contribution in [-0.2, 0) is 0 Å². The summed E-state index contributed by atoms with van der Waals surface area (Å²) < 4.78 is 0. The van der Waals surface area contributed by atoms with Gasteiger partial charge in [0, 0.05) is 27.8 Å². The van der Waals surface area contributed by atoms with Crippen molar-refractivity contribution in [3.8, 4) is 67.5 Å². The first-order chi connectivity index (χ1) is 26.8. The van der Waals surface area contributed by atoms with E-state index in [0.717, 1.165) is 33.5 Å². The minimum atomic E-state index is -0.0258. The molecule has 0 spiro atoms. The third kappa shape index (κ3) is 5.62. The first-order valence-electron chi connectivity index (χ1n) is 18.3. The Morgan fingerprint density at radius 3 is 1.52 bits per heavy atom. The van der Waals surface area contributed by atoms with E-state index in [4.69, 9.17) is 15.0 Å². The summed E-state index contributed by atoms with van der Waals surface area (Å²) in [5.74, 6) is 1.94. The molecule has 2 heterocycles. The fraction of sp³-hybridized carbons (Fsp3) is 0.0200. The highest BCUT2D eigenvalue weighted by Crippen LogP contribution is 2.51. The van der Waals surface area contributed by atoms with Crippen molar-refractivity contribution >= 4 is 16.5 Å². The number of nitrogens with one attached hydrogen (secondary N) is 1. The Bertz CT molecular complexity index is 2720. The molecular formula is C50H34N4. The Balaban J connectivity index is 1.11. The molecule has 254 valence electrons. The van der Waals surface area contributed by atoms with E-state index < -0.39 is 0 Å². The van der Waals surface area contributed by atoms with Gasteiger partial charge in [0.15, 0.2) is 17.5 Å². The number of nitrogens with zero attached hydrogens (tertiary/aromatic N) is 3. The van der Waals surface area contributed by atoms with Gasteiger partial charge in [0.2, 0.25) is 0 Å². The first kappa shape index (κ1) is 31.6. The fourth-order valence-electron chi connectivity index (χ4n) is 7.82. The summed E-state index contributed by atoms with van der Waals surface area (Å²) in [5.41, 5.74) is 13.6. The van der Waals surface area contributed by atoms with E-state index in [2.05, 4.69) is 139 Å². The van der Waals surface area contributed by atoms with Crippen molar-refractivity contribution in [2.75, 3.05) is 5.32 Å². The van der Waals surface area contributed by atoms with Crippen LogP contribution in [0.2, 0.25) is 0 Å². The molecule has 1 atom stereocenters. The standard InChI is InChI=1S/C50H34N4/c1-4-16-35(17-5-1)46-43-27-14-26-42(41-25-12-22-33-15-10-11-23-39(33)41)45(43)44-28-13-24-40(47(44)51-46)34-29-31-38(32-30-34)50-53-48(36-18-6-2-7-19-36)52-49(54-50)37-20-8-3-9-21-37/h1-32,46,51H. The first-order valence-corrected chi connectivity index (χ1v) is 18.3. The predicted molar refractivity (Wildman–Crippen MR) is 222 cm³/mol. The quantitative estimate of drug-likeness (QED) is 0.189. The Kier molecular flexibility index (Phi) is 7.85. The summed E-state index contributed by atoms with van der Waals surface area (Å²) in [7, 11) is 0. The molecule has 54 heavy (non-hydrogen) atoms. The molecule has 8 aromatic carbocycles. The van der Waals surface area contributed by atoms with Gasteiger partial charge in [0.1, 0.15) is 0 Å². The van der Waals surface area contributed by atoms with Crippen LogP contribution in [0, 0.1) is 0 Å². The highest BCUT2D eigenvalue weighted by Gasteiger charge is 2.30. The van der Waals surface area contributed by atoms with Crippen molar-refractivity contribution < 1.29 is 0 Å². The smallest absolute Gasteiger partial charge is 0.164 e. The van der Waals surface area contributed by atoms with Gasteiger partial charge in [-0.15, -0.1) is 0 Å².